The molecule has 37 heavy (non-hydrogen) atoms. The number of benzene rings is 2. The molecular formula is C28H32N4O4S. The lowest BCUT2D eigenvalue weighted by molar-refractivity contribution is 0.102. The Morgan fingerprint density at radius 3 is 2.46 bits per heavy atom. The maximum absolute atomic E-state index is 13.5. The largest absolute Gasteiger partial charge is 0.494 e. The Morgan fingerprint density at radius 2 is 1.81 bits per heavy atom. The summed E-state index contributed by atoms with van der Waals surface area (Å²) in [4.78, 5) is 35.2. The first-order chi connectivity index (χ1) is 17.9. The van der Waals surface area contributed by atoms with E-state index in [1.54, 1.807) is 18.0 Å². The van der Waals surface area contributed by atoms with Gasteiger partial charge in [0.15, 0.2) is 0 Å². The van der Waals surface area contributed by atoms with Gasteiger partial charge < -0.3 is 24.6 Å². The number of hydrogen-bond acceptors (Lipinski definition) is 7. The maximum atomic E-state index is 13.5. The molecule has 1 aromatic heterocycles. The van der Waals surface area contributed by atoms with Gasteiger partial charge in [0.25, 0.3) is 5.91 Å². The van der Waals surface area contributed by atoms with Gasteiger partial charge in [-0.1, -0.05) is 12.1 Å². The van der Waals surface area contributed by atoms with E-state index in [4.69, 9.17) is 14.5 Å². The zero-order valence-corrected chi connectivity index (χ0v) is 22.4. The average molecular weight is 521 g/mol. The molecule has 2 heterocycles. The quantitative estimate of drug-likeness (QED) is 0.384. The van der Waals surface area contributed by atoms with Crippen LogP contribution in [0.3, 0.4) is 0 Å². The third kappa shape index (κ3) is 6.29. The van der Waals surface area contributed by atoms with Crippen molar-refractivity contribution in [2.45, 2.75) is 26.8 Å². The molecule has 0 unspecified atom stereocenters. The van der Waals surface area contributed by atoms with Gasteiger partial charge in [0.05, 0.1) is 25.3 Å². The Labute approximate surface area is 221 Å². The summed E-state index contributed by atoms with van der Waals surface area (Å²) < 4.78 is 10.7. The topological polar surface area (TPSA) is 83.5 Å². The fourth-order valence-electron chi connectivity index (χ4n) is 4.07. The highest BCUT2D eigenvalue weighted by Crippen LogP contribution is 2.39. The van der Waals surface area contributed by atoms with E-state index in [1.165, 1.54) is 11.3 Å². The van der Waals surface area contributed by atoms with Crippen LogP contribution in [0.25, 0.3) is 0 Å². The zero-order chi connectivity index (χ0) is 26.4. The molecule has 1 N–H and O–H groups in total. The smallest absolute Gasteiger partial charge is 0.410 e. The Balaban J connectivity index is 1.63. The van der Waals surface area contributed by atoms with Gasteiger partial charge in [0.2, 0.25) is 0 Å². The van der Waals surface area contributed by atoms with Gasteiger partial charge in [0, 0.05) is 43.1 Å². The summed E-state index contributed by atoms with van der Waals surface area (Å²) in [5, 5.41) is 3.63. The van der Waals surface area contributed by atoms with Crippen LogP contribution >= 0.6 is 11.3 Å². The van der Waals surface area contributed by atoms with Crippen LogP contribution in [0.2, 0.25) is 0 Å². The van der Waals surface area contributed by atoms with Crippen molar-refractivity contribution in [2.24, 2.45) is 4.99 Å². The monoisotopic (exact) mass is 520 g/mol. The number of rotatable bonds is 8. The van der Waals surface area contributed by atoms with E-state index in [0.29, 0.717) is 49.0 Å². The van der Waals surface area contributed by atoms with Crippen LogP contribution in [0.5, 0.6) is 5.75 Å². The molecule has 0 spiro atoms. The lowest BCUT2D eigenvalue weighted by Gasteiger charge is -2.26. The number of thiophene rings is 1. The zero-order valence-electron chi connectivity index (χ0n) is 21.6. The molecule has 0 saturated carbocycles. The molecule has 3 aromatic rings. The minimum atomic E-state index is -0.340. The molecule has 2 aromatic carbocycles. The summed E-state index contributed by atoms with van der Waals surface area (Å²) in [7, 11) is 3.99. The Morgan fingerprint density at radius 1 is 1.08 bits per heavy atom. The number of nitrogens with zero attached hydrogens (tertiary/aromatic N) is 3. The normalized spacial score (nSPS) is 12.8. The first kappa shape index (κ1) is 26.2. The molecule has 1 aliphatic heterocycles. The van der Waals surface area contributed by atoms with Crippen molar-refractivity contribution in [1.29, 1.82) is 0 Å². The van der Waals surface area contributed by atoms with Gasteiger partial charge in [-0.15, -0.1) is 11.3 Å². The van der Waals surface area contributed by atoms with Crippen molar-refractivity contribution in [3.63, 3.8) is 0 Å². The molecule has 0 aliphatic carbocycles. The van der Waals surface area contributed by atoms with Crippen molar-refractivity contribution in [2.75, 3.05) is 44.1 Å². The summed E-state index contributed by atoms with van der Waals surface area (Å²) in [5.74, 6) is 0.527. The van der Waals surface area contributed by atoms with Crippen LogP contribution in [0.4, 0.5) is 21.2 Å². The molecule has 1 aliphatic rings. The number of carbonyl (C=O) groups excluding carboxylic acids is 2. The third-order valence-corrected chi connectivity index (χ3v) is 7.08. The molecule has 0 fully saturated rings. The van der Waals surface area contributed by atoms with E-state index in [-0.39, 0.29) is 12.0 Å². The highest BCUT2D eigenvalue weighted by molar-refractivity contribution is 7.16. The number of fused-ring (bicyclic) bond motifs is 1. The van der Waals surface area contributed by atoms with Crippen LogP contribution in [0.15, 0.2) is 53.5 Å². The highest BCUT2D eigenvalue weighted by atomic mass is 32.1. The molecule has 0 radical (unpaired) electrons. The molecule has 0 bridgehead atoms. The van der Waals surface area contributed by atoms with Crippen LogP contribution < -0.4 is 15.0 Å². The van der Waals surface area contributed by atoms with Crippen molar-refractivity contribution in [1.82, 2.24) is 4.90 Å². The third-order valence-electron chi connectivity index (χ3n) is 5.95. The van der Waals surface area contributed by atoms with E-state index < -0.39 is 0 Å². The fourth-order valence-corrected chi connectivity index (χ4v) is 5.28. The molecule has 8 nitrogen and oxygen atoms in total. The van der Waals surface area contributed by atoms with Gasteiger partial charge in [-0.05, 0) is 67.8 Å². The lowest BCUT2D eigenvalue weighted by atomic mass is 10.0. The minimum absolute atomic E-state index is 0.221. The molecule has 194 valence electrons. The number of amides is 2. The van der Waals surface area contributed by atoms with Gasteiger partial charge in [-0.25, -0.2) is 9.79 Å². The number of hydrogen-bond donors (Lipinski definition) is 1. The number of nitrogens with one attached hydrogen (secondary N) is 1. The van der Waals surface area contributed by atoms with E-state index in [0.717, 1.165) is 27.4 Å². The van der Waals surface area contributed by atoms with E-state index in [1.807, 2.05) is 74.4 Å². The second-order valence-electron chi connectivity index (χ2n) is 8.71. The number of carbonyl (C=O) groups is 2. The standard InChI is InChI=1S/C28H32N4O4S/c1-5-35-22-13-9-20(10-14-22)30-26(33)25-23-15-16-32(28(34)36-6-2)18-24(23)37-27(25)29-17-19-7-11-21(12-8-19)31(3)4/h7-14,17H,5-6,15-16,18H2,1-4H3,(H,30,33)/b29-17+. The SMILES string of the molecule is CCOC(=O)N1CCc2c(sc(/N=C/c3ccc(N(C)C)cc3)c2C(=O)Nc2ccc(OCC)cc2)C1. The molecule has 0 atom stereocenters. The van der Waals surface area contributed by atoms with Gasteiger partial charge >= 0.3 is 6.09 Å². The van der Waals surface area contributed by atoms with Crippen molar-refractivity contribution >= 4 is 45.9 Å². The summed E-state index contributed by atoms with van der Waals surface area (Å²) in [5.41, 5.74) is 4.19. The Kier molecular flexibility index (Phi) is 8.45. The number of aliphatic imine (C=N–C) groups is 1. The van der Waals surface area contributed by atoms with Crippen LogP contribution in [0.1, 0.15) is 40.2 Å². The highest BCUT2D eigenvalue weighted by Gasteiger charge is 2.30. The second-order valence-corrected chi connectivity index (χ2v) is 9.79. The van der Waals surface area contributed by atoms with Gasteiger partial charge in [0.1, 0.15) is 10.8 Å². The molecule has 4 rings (SSSR count). The van der Waals surface area contributed by atoms with Gasteiger partial charge in [-0.3, -0.25) is 4.79 Å². The van der Waals surface area contributed by atoms with Crippen LogP contribution in [-0.2, 0) is 17.7 Å². The molecule has 2 amide bonds. The average Bonchev–Trinajstić information content (AvgIpc) is 3.27. The van der Waals surface area contributed by atoms with E-state index >= 15 is 0 Å². The summed E-state index contributed by atoms with van der Waals surface area (Å²) in [6.45, 7) is 5.51. The first-order valence-electron chi connectivity index (χ1n) is 12.3. The van der Waals surface area contributed by atoms with E-state index in [2.05, 4.69) is 5.32 Å². The van der Waals surface area contributed by atoms with Crippen molar-refractivity contribution < 1.29 is 19.1 Å². The predicted molar refractivity (Wildman–Crippen MR) is 149 cm³/mol. The Hall–Kier alpha value is -3.85. The number of ether oxygens (including phenoxy) is 2. The number of anilines is 2. The maximum Gasteiger partial charge on any atom is 0.410 e. The van der Waals surface area contributed by atoms with Crippen LogP contribution in [-0.4, -0.2) is 57.0 Å². The van der Waals surface area contributed by atoms with Crippen molar-refractivity contribution in [3.8, 4) is 5.75 Å². The Bertz CT molecular complexity index is 1270. The molecular weight excluding hydrogens is 488 g/mol. The molecule has 9 heteroatoms. The van der Waals surface area contributed by atoms with Crippen molar-refractivity contribution in [3.05, 3.63) is 70.1 Å². The lowest BCUT2D eigenvalue weighted by Crippen LogP contribution is -2.36. The van der Waals surface area contributed by atoms with E-state index in [9.17, 15) is 9.59 Å². The van der Waals surface area contributed by atoms with Gasteiger partial charge in [-0.2, -0.15) is 0 Å². The minimum Gasteiger partial charge on any atom is -0.494 e. The molecule has 0 saturated heterocycles. The summed E-state index contributed by atoms with van der Waals surface area (Å²) >= 11 is 1.44. The second kappa shape index (κ2) is 11.9. The first-order valence-corrected chi connectivity index (χ1v) is 13.1. The fraction of sp³-hybridized carbons (Fsp3) is 0.321. The van der Waals surface area contributed by atoms with Crippen LogP contribution in [0, 0.1) is 0 Å². The summed E-state index contributed by atoms with van der Waals surface area (Å²) in [6.07, 6.45) is 1.99. The predicted octanol–water partition coefficient (Wildman–Crippen LogP) is 5.73. The summed E-state index contributed by atoms with van der Waals surface area (Å²) in [6, 6.07) is 15.3.